The summed E-state index contributed by atoms with van der Waals surface area (Å²) >= 11 is 1.84. The molecular formula is C17H25NOS. The van der Waals surface area contributed by atoms with Gasteiger partial charge in [-0.25, -0.2) is 0 Å². The summed E-state index contributed by atoms with van der Waals surface area (Å²) < 4.78 is 0. The molecule has 1 amide bonds. The third-order valence-electron chi connectivity index (χ3n) is 3.57. The highest BCUT2D eigenvalue weighted by Gasteiger charge is 2.25. The summed E-state index contributed by atoms with van der Waals surface area (Å²) in [5, 5.41) is 0. The summed E-state index contributed by atoms with van der Waals surface area (Å²) in [7, 11) is 0. The fourth-order valence-electron chi connectivity index (χ4n) is 2.29. The van der Waals surface area contributed by atoms with Gasteiger partial charge in [-0.05, 0) is 49.5 Å². The first-order chi connectivity index (χ1) is 9.79. The molecule has 1 fully saturated rings. The van der Waals surface area contributed by atoms with Crippen LogP contribution >= 0.6 is 11.8 Å². The molecule has 0 atom stereocenters. The Labute approximate surface area is 126 Å². The Morgan fingerprint density at radius 2 is 2.05 bits per heavy atom. The van der Waals surface area contributed by atoms with Gasteiger partial charge in [0.15, 0.2) is 0 Å². The van der Waals surface area contributed by atoms with E-state index in [1.807, 2.05) is 17.8 Å². The van der Waals surface area contributed by atoms with E-state index < -0.39 is 0 Å². The molecule has 0 N–H and O–H groups in total. The molecule has 2 nitrogen and oxygen atoms in total. The number of hydrogen-bond acceptors (Lipinski definition) is 2. The van der Waals surface area contributed by atoms with Crippen LogP contribution in [-0.4, -0.2) is 29.6 Å². The number of carbonyl (C=O) groups excluding carboxylic acids is 1. The van der Waals surface area contributed by atoms with Gasteiger partial charge in [0.25, 0.3) is 0 Å². The molecule has 0 aliphatic heterocycles. The Morgan fingerprint density at radius 3 is 2.70 bits per heavy atom. The second kappa shape index (κ2) is 8.35. The summed E-state index contributed by atoms with van der Waals surface area (Å²) in [6, 6.07) is 10.4. The third kappa shape index (κ3) is 5.58. The zero-order chi connectivity index (χ0) is 14.2. The van der Waals surface area contributed by atoms with Crippen molar-refractivity contribution in [2.75, 3.05) is 18.8 Å². The minimum Gasteiger partial charge on any atom is -0.342 e. The summed E-state index contributed by atoms with van der Waals surface area (Å²) in [4.78, 5) is 15.6. The lowest BCUT2D eigenvalue weighted by atomic mass is 10.2. The van der Waals surface area contributed by atoms with E-state index in [1.54, 1.807) is 0 Å². The quantitative estimate of drug-likeness (QED) is 0.502. The maximum absolute atomic E-state index is 12.2. The Morgan fingerprint density at radius 1 is 1.30 bits per heavy atom. The van der Waals surface area contributed by atoms with Gasteiger partial charge in [-0.3, -0.25) is 4.79 Å². The molecule has 0 heterocycles. The van der Waals surface area contributed by atoms with Gasteiger partial charge in [-0.15, -0.1) is 11.8 Å². The lowest BCUT2D eigenvalue weighted by Gasteiger charge is -2.22. The molecule has 1 aliphatic rings. The number of carbonyl (C=O) groups is 1. The van der Waals surface area contributed by atoms with Crippen molar-refractivity contribution in [2.24, 2.45) is 5.92 Å². The monoisotopic (exact) mass is 291 g/mol. The minimum atomic E-state index is 0.354. The van der Waals surface area contributed by atoms with Gasteiger partial charge in [0.1, 0.15) is 0 Å². The van der Waals surface area contributed by atoms with E-state index in [1.165, 1.54) is 17.7 Å². The van der Waals surface area contributed by atoms with Crippen LogP contribution in [-0.2, 0) is 4.79 Å². The van der Waals surface area contributed by atoms with Crippen LogP contribution in [0.25, 0.3) is 0 Å². The Hall–Kier alpha value is -0.960. The number of nitrogens with zero attached hydrogens (tertiary/aromatic N) is 1. The zero-order valence-corrected chi connectivity index (χ0v) is 13.2. The highest BCUT2D eigenvalue weighted by Crippen LogP contribution is 2.30. The number of rotatable bonds is 9. The lowest BCUT2D eigenvalue weighted by molar-refractivity contribution is -0.131. The molecule has 0 radical (unpaired) electrons. The Balaban J connectivity index is 1.65. The van der Waals surface area contributed by atoms with E-state index >= 15 is 0 Å². The Bertz CT molecular complexity index is 403. The van der Waals surface area contributed by atoms with Crippen molar-refractivity contribution in [1.82, 2.24) is 4.90 Å². The highest BCUT2D eigenvalue weighted by atomic mass is 32.2. The van der Waals surface area contributed by atoms with Crippen LogP contribution in [0.2, 0.25) is 0 Å². The van der Waals surface area contributed by atoms with Crippen LogP contribution in [0.1, 0.15) is 39.0 Å². The van der Waals surface area contributed by atoms with Crippen molar-refractivity contribution in [3.63, 3.8) is 0 Å². The van der Waals surface area contributed by atoms with Crippen LogP contribution in [0.5, 0.6) is 0 Å². The maximum atomic E-state index is 12.2. The van der Waals surface area contributed by atoms with Gasteiger partial charge < -0.3 is 4.90 Å². The molecular weight excluding hydrogens is 266 g/mol. The fraction of sp³-hybridized carbons (Fsp3) is 0.588. The maximum Gasteiger partial charge on any atom is 0.222 e. The van der Waals surface area contributed by atoms with E-state index in [0.29, 0.717) is 12.3 Å². The van der Waals surface area contributed by atoms with Gasteiger partial charge in [-0.2, -0.15) is 0 Å². The summed E-state index contributed by atoms with van der Waals surface area (Å²) in [6.07, 6.45) is 5.38. The zero-order valence-electron chi connectivity index (χ0n) is 12.4. The van der Waals surface area contributed by atoms with Crippen LogP contribution in [0.15, 0.2) is 35.2 Å². The van der Waals surface area contributed by atoms with Crippen LogP contribution in [0.4, 0.5) is 0 Å². The molecule has 110 valence electrons. The fourth-order valence-corrected chi connectivity index (χ4v) is 3.16. The molecule has 0 spiro atoms. The first-order valence-electron chi connectivity index (χ1n) is 7.75. The molecule has 1 saturated carbocycles. The topological polar surface area (TPSA) is 20.3 Å². The van der Waals surface area contributed by atoms with Gasteiger partial charge in [-0.1, -0.05) is 25.1 Å². The molecule has 1 aromatic rings. The molecule has 0 bridgehead atoms. The second-order valence-corrected chi connectivity index (χ2v) is 6.72. The van der Waals surface area contributed by atoms with Gasteiger partial charge in [0.05, 0.1) is 0 Å². The molecule has 3 heteroatoms. The average Bonchev–Trinajstić information content (AvgIpc) is 3.28. The number of amides is 1. The van der Waals surface area contributed by atoms with Crippen molar-refractivity contribution < 1.29 is 4.79 Å². The highest BCUT2D eigenvalue weighted by molar-refractivity contribution is 7.99. The Kier molecular flexibility index (Phi) is 6.44. The normalized spacial score (nSPS) is 14.2. The first kappa shape index (κ1) is 15.4. The molecule has 2 rings (SSSR count). The van der Waals surface area contributed by atoms with E-state index in [-0.39, 0.29) is 0 Å². The van der Waals surface area contributed by atoms with E-state index in [4.69, 9.17) is 0 Å². The van der Waals surface area contributed by atoms with Gasteiger partial charge >= 0.3 is 0 Å². The molecule has 1 aromatic carbocycles. The van der Waals surface area contributed by atoms with Gasteiger partial charge in [0, 0.05) is 24.4 Å². The summed E-state index contributed by atoms with van der Waals surface area (Å²) in [5.41, 5.74) is 0. The number of hydrogen-bond donors (Lipinski definition) is 0. The van der Waals surface area contributed by atoms with E-state index in [9.17, 15) is 4.79 Å². The minimum absolute atomic E-state index is 0.354. The third-order valence-corrected chi connectivity index (χ3v) is 4.67. The smallest absolute Gasteiger partial charge is 0.222 e. The van der Waals surface area contributed by atoms with E-state index in [0.717, 1.165) is 37.6 Å². The van der Waals surface area contributed by atoms with Crippen molar-refractivity contribution in [2.45, 2.75) is 43.9 Å². The van der Waals surface area contributed by atoms with Crippen molar-refractivity contribution in [3.05, 3.63) is 30.3 Å². The van der Waals surface area contributed by atoms with Crippen LogP contribution in [0, 0.1) is 5.92 Å². The van der Waals surface area contributed by atoms with Crippen LogP contribution in [0.3, 0.4) is 0 Å². The molecule has 1 aliphatic carbocycles. The summed E-state index contributed by atoms with van der Waals surface area (Å²) in [5.74, 6) is 2.18. The second-order valence-electron chi connectivity index (χ2n) is 5.55. The van der Waals surface area contributed by atoms with E-state index in [2.05, 4.69) is 36.1 Å². The number of benzene rings is 1. The lowest BCUT2D eigenvalue weighted by Crippen LogP contribution is -2.33. The molecule has 0 saturated heterocycles. The summed E-state index contributed by atoms with van der Waals surface area (Å²) in [6.45, 7) is 4.08. The predicted molar refractivity (Wildman–Crippen MR) is 86.0 cm³/mol. The van der Waals surface area contributed by atoms with Crippen LogP contribution < -0.4 is 0 Å². The standard InChI is InChI=1S/C17H25NOS/c1-2-12-18(14-15-10-11-15)17(19)9-6-13-20-16-7-4-3-5-8-16/h3-5,7-8,15H,2,6,9-14H2,1H3. The average molecular weight is 291 g/mol. The van der Waals surface area contributed by atoms with Crippen molar-refractivity contribution in [3.8, 4) is 0 Å². The predicted octanol–water partition coefficient (Wildman–Crippen LogP) is 4.21. The molecule has 0 unspecified atom stereocenters. The largest absolute Gasteiger partial charge is 0.342 e. The first-order valence-corrected chi connectivity index (χ1v) is 8.73. The number of thioether (sulfide) groups is 1. The molecule has 20 heavy (non-hydrogen) atoms. The van der Waals surface area contributed by atoms with Gasteiger partial charge in [0.2, 0.25) is 5.91 Å². The SMILES string of the molecule is CCCN(CC1CC1)C(=O)CCCSc1ccccc1. The molecule has 0 aromatic heterocycles. The van der Waals surface area contributed by atoms with Crippen molar-refractivity contribution >= 4 is 17.7 Å². The van der Waals surface area contributed by atoms with Crippen molar-refractivity contribution in [1.29, 1.82) is 0 Å².